The Hall–Kier alpha value is -3.20. The maximum absolute atomic E-state index is 12.7. The summed E-state index contributed by atoms with van der Waals surface area (Å²) < 4.78 is 5.98. The molecule has 4 N–H and O–H groups in total. The van der Waals surface area contributed by atoms with Gasteiger partial charge in [0.1, 0.15) is 12.1 Å². The van der Waals surface area contributed by atoms with Crippen molar-refractivity contribution in [2.24, 2.45) is 0 Å². The van der Waals surface area contributed by atoms with Gasteiger partial charge in [-0.25, -0.2) is 4.79 Å². The Kier molecular flexibility index (Phi) is 35.2. The van der Waals surface area contributed by atoms with Crippen LogP contribution in [0.3, 0.4) is 0 Å². The quantitative estimate of drug-likeness (QED) is 0.0286. The number of aliphatic hydroxyl groups excluding tert-OH is 1. The molecular weight excluding hydrogens is 656 g/mol. The Morgan fingerprint density at radius 3 is 1.65 bits per heavy atom. The van der Waals surface area contributed by atoms with E-state index in [4.69, 9.17) is 14.9 Å². The number of carbonyl (C=O) groups is 4. The normalized spacial score (nSPS) is 13.0. The van der Waals surface area contributed by atoms with Crippen molar-refractivity contribution in [3.63, 3.8) is 0 Å². The van der Waals surface area contributed by atoms with E-state index in [0.29, 0.717) is 19.3 Å². The van der Waals surface area contributed by atoms with Crippen molar-refractivity contribution in [3.8, 4) is 0 Å². The first kappa shape index (κ1) is 48.8. The summed E-state index contributed by atoms with van der Waals surface area (Å²) in [6.45, 7) is 3.34. The van der Waals surface area contributed by atoms with Gasteiger partial charge in [0.05, 0.1) is 13.2 Å². The fraction of sp³-hybridized carbons (Fsp3) is 0.721. The smallest absolute Gasteiger partial charge is 0.328 e. The van der Waals surface area contributed by atoms with E-state index in [2.05, 4.69) is 73.1 Å². The summed E-state index contributed by atoms with van der Waals surface area (Å²) in [4.78, 5) is 47.4. The molecule has 0 rings (SSSR count). The Morgan fingerprint density at radius 2 is 1.10 bits per heavy atom. The van der Waals surface area contributed by atoms with Gasteiger partial charge in [-0.2, -0.15) is 0 Å². The molecule has 0 aliphatic carbocycles. The number of unbranched alkanes of at least 4 members (excludes halogenated alkanes) is 14. The lowest BCUT2D eigenvalue weighted by Gasteiger charge is -2.18. The summed E-state index contributed by atoms with van der Waals surface area (Å²) in [7, 11) is 0. The molecule has 0 spiro atoms. The van der Waals surface area contributed by atoms with Gasteiger partial charge in [0.25, 0.3) is 0 Å². The molecule has 52 heavy (non-hydrogen) atoms. The highest BCUT2D eigenvalue weighted by Crippen LogP contribution is 2.18. The maximum atomic E-state index is 12.7. The Labute approximate surface area is 316 Å². The first-order valence-corrected chi connectivity index (χ1v) is 20.5. The van der Waals surface area contributed by atoms with Crippen molar-refractivity contribution in [2.45, 2.75) is 187 Å². The molecule has 0 saturated heterocycles. The minimum atomic E-state index is -1.38. The summed E-state index contributed by atoms with van der Waals surface area (Å²) in [6, 6.07) is -1.38. The average Bonchev–Trinajstić information content (AvgIpc) is 3.13. The van der Waals surface area contributed by atoms with E-state index in [1.165, 1.54) is 38.5 Å². The third-order valence-electron chi connectivity index (χ3n) is 8.84. The number of carbonyl (C=O) groups excluding carboxylic acids is 3. The molecule has 0 radical (unpaired) electrons. The fourth-order valence-electron chi connectivity index (χ4n) is 5.70. The van der Waals surface area contributed by atoms with E-state index in [9.17, 15) is 19.2 Å². The topological polar surface area (TPSA) is 142 Å². The number of esters is 1. The number of hydrogen-bond acceptors (Lipinski definition) is 6. The lowest BCUT2D eigenvalue weighted by Crippen LogP contribution is -2.47. The van der Waals surface area contributed by atoms with Gasteiger partial charge < -0.3 is 25.6 Å². The van der Waals surface area contributed by atoms with Gasteiger partial charge in [-0.15, -0.1) is 0 Å². The number of nitrogens with one attached hydrogen (secondary N) is 2. The lowest BCUT2D eigenvalue weighted by atomic mass is 10.0. The predicted molar refractivity (Wildman–Crippen MR) is 213 cm³/mol. The van der Waals surface area contributed by atoms with Crippen LogP contribution in [0.4, 0.5) is 0 Å². The van der Waals surface area contributed by atoms with Crippen LogP contribution in [0.2, 0.25) is 0 Å². The van der Waals surface area contributed by atoms with Gasteiger partial charge in [0.15, 0.2) is 0 Å². The molecule has 0 saturated carbocycles. The average molecular weight is 731 g/mol. The van der Waals surface area contributed by atoms with E-state index < -0.39 is 24.5 Å². The molecule has 2 unspecified atom stereocenters. The molecule has 298 valence electrons. The zero-order valence-corrected chi connectivity index (χ0v) is 32.8. The standard InChI is InChI=1S/C43H74N2O7/c1-3-5-7-9-11-12-13-14-15-16-17-18-19-20-22-27-31-35-42(49)52-38(32-28-24-21-10-8-6-4-2)33-29-25-23-26-30-34-40(47)44-36-41(48)45-39(37-46)43(50)51/h5,7,11-12,14-15,17-18,38-39,46H,3-4,6,8-10,13,16,19-37H2,1-2H3,(H,44,47)(H,45,48)(H,50,51)/b7-5-,12-11-,15-14-,18-17-. The third-order valence-corrected chi connectivity index (χ3v) is 8.84. The Morgan fingerprint density at radius 1 is 0.596 bits per heavy atom. The largest absolute Gasteiger partial charge is 0.480 e. The predicted octanol–water partition coefficient (Wildman–Crippen LogP) is 9.59. The molecule has 0 aliphatic rings. The zero-order valence-electron chi connectivity index (χ0n) is 32.8. The molecule has 0 aromatic carbocycles. The van der Waals surface area contributed by atoms with E-state index in [0.717, 1.165) is 103 Å². The number of hydrogen-bond donors (Lipinski definition) is 4. The van der Waals surface area contributed by atoms with Gasteiger partial charge in [-0.05, 0) is 77.0 Å². The van der Waals surface area contributed by atoms with Crippen LogP contribution in [0.25, 0.3) is 0 Å². The van der Waals surface area contributed by atoms with E-state index in [-0.39, 0.29) is 24.5 Å². The number of aliphatic carboxylic acids is 1. The van der Waals surface area contributed by atoms with E-state index in [1.54, 1.807) is 0 Å². The second kappa shape index (κ2) is 37.6. The number of carboxylic acids is 1. The monoisotopic (exact) mass is 731 g/mol. The Balaban J connectivity index is 4.22. The zero-order chi connectivity index (χ0) is 38.3. The van der Waals surface area contributed by atoms with Gasteiger partial charge in [-0.3, -0.25) is 14.4 Å². The van der Waals surface area contributed by atoms with Gasteiger partial charge >= 0.3 is 11.9 Å². The molecule has 2 atom stereocenters. The SMILES string of the molecule is CC/C=C\C/C=C\C/C=C\C/C=C\CCCCCCC(=O)OC(CCCCCCCCC)CCCCCCCC(=O)NCC(=O)NC(CO)C(=O)O. The summed E-state index contributed by atoms with van der Waals surface area (Å²) in [6.07, 6.45) is 42.8. The fourth-order valence-corrected chi connectivity index (χ4v) is 5.70. The summed E-state index contributed by atoms with van der Waals surface area (Å²) >= 11 is 0. The van der Waals surface area contributed by atoms with Crippen LogP contribution in [0.1, 0.15) is 174 Å². The number of rotatable bonds is 36. The van der Waals surface area contributed by atoms with Gasteiger partial charge in [0, 0.05) is 12.8 Å². The van der Waals surface area contributed by atoms with Crippen LogP contribution in [-0.4, -0.2) is 59.3 Å². The van der Waals surface area contributed by atoms with Crippen LogP contribution < -0.4 is 10.6 Å². The summed E-state index contributed by atoms with van der Waals surface area (Å²) in [5.74, 6) is -2.32. The molecule has 0 heterocycles. The number of ether oxygens (including phenoxy) is 1. The highest BCUT2D eigenvalue weighted by Gasteiger charge is 2.19. The van der Waals surface area contributed by atoms with Crippen LogP contribution in [0.15, 0.2) is 48.6 Å². The van der Waals surface area contributed by atoms with Crippen molar-refractivity contribution in [1.29, 1.82) is 0 Å². The summed E-state index contributed by atoms with van der Waals surface area (Å²) in [5, 5.41) is 22.5. The first-order valence-electron chi connectivity index (χ1n) is 20.5. The molecule has 0 bridgehead atoms. The van der Waals surface area contributed by atoms with Crippen molar-refractivity contribution in [1.82, 2.24) is 10.6 Å². The minimum absolute atomic E-state index is 0.0234. The molecule has 9 heteroatoms. The number of amides is 2. The Bertz CT molecular complexity index is 1020. The van der Waals surface area contributed by atoms with Crippen LogP contribution >= 0.6 is 0 Å². The molecule has 0 aromatic rings. The lowest BCUT2D eigenvalue weighted by molar-refractivity contribution is -0.150. The molecule has 9 nitrogen and oxygen atoms in total. The molecular formula is C43H74N2O7. The minimum Gasteiger partial charge on any atom is -0.480 e. The van der Waals surface area contributed by atoms with Crippen molar-refractivity contribution < 1.29 is 34.1 Å². The van der Waals surface area contributed by atoms with Gasteiger partial charge in [-0.1, -0.05) is 133 Å². The van der Waals surface area contributed by atoms with Gasteiger partial charge in [0.2, 0.25) is 11.8 Å². The number of allylic oxidation sites excluding steroid dienone is 8. The van der Waals surface area contributed by atoms with Crippen molar-refractivity contribution >= 4 is 23.8 Å². The van der Waals surface area contributed by atoms with Crippen LogP contribution in [0, 0.1) is 0 Å². The molecule has 0 aromatic heterocycles. The molecule has 0 fully saturated rings. The van der Waals surface area contributed by atoms with E-state index in [1.807, 2.05) is 0 Å². The first-order chi connectivity index (χ1) is 25.3. The maximum Gasteiger partial charge on any atom is 0.328 e. The number of carboxylic acid groups (broad SMARTS) is 1. The highest BCUT2D eigenvalue weighted by atomic mass is 16.5. The number of aliphatic hydroxyl groups is 1. The van der Waals surface area contributed by atoms with Crippen molar-refractivity contribution in [3.05, 3.63) is 48.6 Å². The third kappa shape index (κ3) is 33.9. The van der Waals surface area contributed by atoms with Crippen molar-refractivity contribution in [2.75, 3.05) is 13.2 Å². The van der Waals surface area contributed by atoms with Crippen LogP contribution in [-0.2, 0) is 23.9 Å². The summed E-state index contributed by atoms with van der Waals surface area (Å²) in [5.41, 5.74) is 0. The highest BCUT2D eigenvalue weighted by molar-refractivity contribution is 5.87. The van der Waals surface area contributed by atoms with Crippen LogP contribution in [0.5, 0.6) is 0 Å². The molecule has 2 amide bonds. The second-order valence-corrected chi connectivity index (χ2v) is 13.7. The van der Waals surface area contributed by atoms with E-state index >= 15 is 0 Å². The molecule has 0 aliphatic heterocycles. The second-order valence-electron chi connectivity index (χ2n) is 13.7.